The highest BCUT2D eigenvalue weighted by molar-refractivity contribution is 7.71. The third-order valence-electron chi connectivity index (χ3n) is 4.49. The standard InChI is InChI=1S/C18H14ClN3O2S/c19-11-3-5-12-9(7-11)2-6-14(12)20-16(23)10-1-4-13-15(8-10)21-18(25)22-17(13)24/h1,3-5,7-8,14H,2,6H2,(H,20,23)(H2,21,22,24,25)/t14-/m0/s1. The monoisotopic (exact) mass is 371 g/mol. The van der Waals surface area contributed by atoms with E-state index in [9.17, 15) is 9.59 Å². The SMILES string of the molecule is O=C(N[C@H]1CCc2cc(Cl)ccc21)c1ccc2c(=O)[nH]c(=S)[nH]c2c1. The number of carbonyl (C=O) groups is 1. The molecule has 1 aromatic heterocycles. The topological polar surface area (TPSA) is 77.8 Å². The summed E-state index contributed by atoms with van der Waals surface area (Å²) in [4.78, 5) is 29.9. The molecule has 3 aromatic rings. The number of aromatic nitrogens is 2. The van der Waals surface area contributed by atoms with Crippen LogP contribution in [0.25, 0.3) is 10.9 Å². The molecule has 0 aliphatic heterocycles. The van der Waals surface area contributed by atoms with Crippen LogP contribution in [0.1, 0.15) is 33.9 Å². The quantitative estimate of drug-likeness (QED) is 0.601. The van der Waals surface area contributed by atoms with Crippen LogP contribution in [0.5, 0.6) is 0 Å². The Morgan fingerprint density at radius 3 is 2.88 bits per heavy atom. The van der Waals surface area contributed by atoms with Gasteiger partial charge in [0.1, 0.15) is 0 Å². The summed E-state index contributed by atoms with van der Waals surface area (Å²) >= 11 is 11.0. The first-order chi connectivity index (χ1) is 12.0. The van der Waals surface area contributed by atoms with Gasteiger partial charge in [-0.15, -0.1) is 0 Å². The van der Waals surface area contributed by atoms with Crippen molar-refractivity contribution in [2.75, 3.05) is 0 Å². The Morgan fingerprint density at radius 1 is 1.20 bits per heavy atom. The van der Waals surface area contributed by atoms with Crippen LogP contribution in [0.2, 0.25) is 5.02 Å². The molecule has 0 spiro atoms. The van der Waals surface area contributed by atoms with Gasteiger partial charge in [0.25, 0.3) is 11.5 Å². The van der Waals surface area contributed by atoms with Crippen LogP contribution in [-0.4, -0.2) is 15.9 Å². The number of H-pyrrole nitrogens is 2. The van der Waals surface area contributed by atoms with E-state index in [1.54, 1.807) is 18.2 Å². The number of rotatable bonds is 2. The average molecular weight is 372 g/mol. The highest BCUT2D eigenvalue weighted by Gasteiger charge is 2.24. The van der Waals surface area contributed by atoms with Gasteiger partial charge in [-0.3, -0.25) is 14.6 Å². The molecular formula is C18H14ClN3O2S. The van der Waals surface area contributed by atoms with E-state index in [0.717, 1.165) is 18.4 Å². The predicted octanol–water partition coefficient (Wildman–Crippen LogP) is 3.66. The number of fused-ring (bicyclic) bond motifs is 2. The van der Waals surface area contributed by atoms with Gasteiger partial charge in [0, 0.05) is 10.6 Å². The van der Waals surface area contributed by atoms with Crippen LogP contribution in [-0.2, 0) is 6.42 Å². The van der Waals surface area contributed by atoms with Gasteiger partial charge in [0.2, 0.25) is 0 Å². The summed E-state index contributed by atoms with van der Waals surface area (Å²) in [5.41, 5.74) is 3.03. The van der Waals surface area contributed by atoms with Crippen molar-refractivity contribution < 1.29 is 4.79 Å². The van der Waals surface area contributed by atoms with Crippen LogP contribution >= 0.6 is 23.8 Å². The molecule has 0 saturated carbocycles. The molecule has 25 heavy (non-hydrogen) atoms. The minimum Gasteiger partial charge on any atom is -0.345 e. The van der Waals surface area contributed by atoms with Crippen molar-refractivity contribution in [3.63, 3.8) is 0 Å². The Balaban J connectivity index is 1.63. The molecule has 1 amide bonds. The molecule has 7 heteroatoms. The lowest BCUT2D eigenvalue weighted by molar-refractivity contribution is 0.0937. The largest absolute Gasteiger partial charge is 0.345 e. The Morgan fingerprint density at radius 2 is 2.04 bits per heavy atom. The maximum absolute atomic E-state index is 12.6. The number of aromatic amines is 2. The van der Waals surface area contributed by atoms with Crippen molar-refractivity contribution in [3.05, 3.63) is 73.2 Å². The smallest absolute Gasteiger partial charge is 0.259 e. The first kappa shape index (κ1) is 16.1. The fraction of sp³-hybridized carbons (Fsp3) is 0.167. The van der Waals surface area contributed by atoms with Crippen LogP contribution in [0.3, 0.4) is 0 Å². The summed E-state index contributed by atoms with van der Waals surface area (Å²) in [6.07, 6.45) is 1.73. The number of halogens is 1. The van der Waals surface area contributed by atoms with Crippen molar-refractivity contribution in [3.8, 4) is 0 Å². The fourth-order valence-electron chi connectivity index (χ4n) is 3.29. The lowest BCUT2D eigenvalue weighted by atomic mass is 10.1. The van der Waals surface area contributed by atoms with Gasteiger partial charge in [0.15, 0.2) is 4.77 Å². The third-order valence-corrected chi connectivity index (χ3v) is 4.93. The molecule has 126 valence electrons. The van der Waals surface area contributed by atoms with Gasteiger partial charge in [0.05, 0.1) is 16.9 Å². The molecule has 1 heterocycles. The summed E-state index contributed by atoms with van der Waals surface area (Å²) in [6.45, 7) is 0. The maximum atomic E-state index is 12.6. The van der Waals surface area contributed by atoms with E-state index in [-0.39, 0.29) is 22.3 Å². The van der Waals surface area contributed by atoms with Gasteiger partial charge in [-0.25, -0.2) is 0 Å². The van der Waals surface area contributed by atoms with E-state index in [4.69, 9.17) is 23.8 Å². The maximum Gasteiger partial charge on any atom is 0.259 e. The van der Waals surface area contributed by atoms with E-state index >= 15 is 0 Å². The molecule has 0 saturated heterocycles. The molecule has 2 aromatic carbocycles. The number of benzene rings is 2. The van der Waals surface area contributed by atoms with Crippen molar-refractivity contribution in [2.24, 2.45) is 0 Å². The highest BCUT2D eigenvalue weighted by atomic mass is 35.5. The molecule has 1 aliphatic carbocycles. The Bertz CT molecular complexity index is 1120. The van der Waals surface area contributed by atoms with Crippen LogP contribution in [0.4, 0.5) is 0 Å². The lowest BCUT2D eigenvalue weighted by Crippen LogP contribution is -2.27. The molecule has 0 radical (unpaired) electrons. The number of nitrogens with one attached hydrogen (secondary N) is 3. The Kier molecular flexibility index (Phi) is 3.94. The zero-order chi connectivity index (χ0) is 17.6. The average Bonchev–Trinajstić information content (AvgIpc) is 2.96. The zero-order valence-electron chi connectivity index (χ0n) is 13.1. The molecule has 1 atom stereocenters. The van der Waals surface area contributed by atoms with Crippen molar-refractivity contribution >= 4 is 40.6 Å². The second-order valence-corrected chi connectivity index (χ2v) is 6.92. The summed E-state index contributed by atoms with van der Waals surface area (Å²) < 4.78 is 0.233. The van der Waals surface area contributed by atoms with E-state index in [1.807, 2.05) is 18.2 Å². The highest BCUT2D eigenvalue weighted by Crippen LogP contribution is 2.33. The first-order valence-corrected chi connectivity index (χ1v) is 8.65. The number of aryl methyl sites for hydroxylation is 1. The summed E-state index contributed by atoms with van der Waals surface area (Å²) in [7, 11) is 0. The fourth-order valence-corrected chi connectivity index (χ4v) is 3.69. The van der Waals surface area contributed by atoms with Crippen molar-refractivity contribution in [1.82, 2.24) is 15.3 Å². The number of hydrogen-bond donors (Lipinski definition) is 3. The molecule has 1 aliphatic rings. The van der Waals surface area contributed by atoms with E-state index in [0.29, 0.717) is 21.5 Å². The summed E-state index contributed by atoms with van der Waals surface area (Å²) in [5, 5.41) is 4.23. The number of amides is 1. The van der Waals surface area contributed by atoms with Crippen LogP contribution in [0.15, 0.2) is 41.2 Å². The normalized spacial score (nSPS) is 16.0. The minimum atomic E-state index is -0.271. The molecule has 3 N–H and O–H groups in total. The van der Waals surface area contributed by atoms with Gasteiger partial charge in [-0.05, 0) is 66.5 Å². The molecule has 0 fully saturated rings. The summed E-state index contributed by atoms with van der Waals surface area (Å²) in [6, 6.07) is 10.6. The zero-order valence-corrected chi connectivity index (χ0v) is 14.6. The summed E-state index contributed by atoms with van der Waals surface area (Å²) in [5.74, 6) is -0.186. The van der Waals surface area contributed by atoms with Crippen LogP contribution < -0.4 is 10.9 Å². The molecular weight excluding hydrogens is 358 g/mol. The lowest BCUT2D eigenvalue weighted by Gasteiger charge is -2.14. The third kappa shape index (κ3) is 2.99. The predicted molar refractivity (Wildman–Crippen MR) is 99.7 cm³/mol. The molecule has 4 rings (SSSR count). The molecule has 0 bridgehead atoms. The number of carbonyl (C=O) groups excluding carboxylic acids is 1. The van der Waals surface area contributed by atoms with E-state index in [1.165, 1.54) is 5.56 Å². The van der Waals surface area contributed by atoms with E-state index < -0.39 is 0 Å². The van der Waals surface area contributed by atoms with Gasteiger partial charge >= 0.3 is 0 Å². The van der Waals surface area contributed by atoms with E-state index in [2.05, 4.69) is 15.3 Å². The van der Waals surface area contributed by atoms with Gasteiger partial charge < -0.3 is 10.3 Å². The number of hydrogen-bond acceptors (Lipinski definition) is 3. The van der Waals surface area contributed by atoms with Crippen molar-refractivity contribution in [1.29, 1.82) is 0 Å². The minimum absolute atomic E-state index is 0.0341. The second kappa shape index (κ2) is 6.13. The van der Waals surface area contributed by atoms with Crippen LogP contribution in [0, 0.1) is 4.77 Å². The second-order valence-electron chi connectivity index (χ2n) is 6.08. The van der Waals surface area contributed by atoms with Gasteiger partial charge in [-0.1, -0.05) is 17.7 Å². The van der Waals surface area contributed by atoms with Gasteiger partial charge in [-0.2, -0.15) is 0 Å². The Labute approximate surface area is 153 Å². The Hall–Kier alpha value is -2.44. The first-order valence-electron chi connectivity index (χ1n) is 7.87. The molecule has 5 nitrogen and oxygen atoms in total. The van der Waals surface area contributed by atoms with Crippen molar-refractivity contribution in [2.45, 2.75) is 18.9 Å². The molecule has 0 unspecified atom stereocenters.